The number of nitrogens with one attached hydrogen (secondary N) is 2. The van der Waals surface area contributed by atoms with Crippen molar-refractivity contribution in [2.45, 2.75) is 44.8 Å². The molecule has 1 heterocycles. The van der Waals surface area contributed by atoms with Crippen molar-refractivity contribution in [3.8, 4) is 5.75 Å². The van der Waals surface area contributed by atoms with Crippen molar-refractivity contribution < 1.29 is 19.7 Å². The lowest BCUT2D eigenvalue weighted by molar-refractivity contribution is -0.119. The van der Waals surface area contributed by atoms with Crippen LogP contribution in [0.1, 0.15) is 32.8 Å². The molecule has 0 radical (unpaired) electrons. The van der Waals surface area contributed by atoms with Crippen LogP contribution in [0.2, 0.25) is 0 Å². The monoisotopic (exact) mass is 322 g/mol. The molecular formula is C17H26N2O4. The minimum Gasteiger partial charge on any atom is -0.490 e. The van der Waals surface area contributed by atoms with Gasteiger partial charge in [0.1, 0.15) is 18.5 Å². The number of amides is 1. The van der Waals surface area contributed by atoms with Crippen molar-refractivity contribution in [2.24, 2.45) is 0 Å². The summed E-state index contributed by atoms with van der Waals surface area (Å²) in [6.45, 7) is 6.31. The molecule has 4 N–H and O–H groups in total. The van der Waals surface area contributed by atoms with Gasteiger partial charge in [-0.1, -0.05) is 6.07 Å². The largest absolute Gasteiger partial charge is 0.490 e. The van der Waals surface area contributed by atoms with E-state index < -0.39 is 11.5 Å². The third kappa shape index (κ3) is 4.02. The second-order valence-electron chi connectivity index (χ2n) is 6.54. The first-order chi connectivity index (χ1) is 10.9. The van der Waals surface area contributed by atoms with Gasteiger partial charge < -0.3 is 25.6 Å². The molecule has 1 amide bonds. The van der Waals surface area contributed by atoms with Crippen molar-refractivity contribution in [3.63, 3.8) is 0 Å². The van der Waals surface area contributed by atoms with Crippen LogP contribution in [0, 0.1) is 0 Å². The van der Waals surface area contributed by atoms with E-state index in [0.29, 0.717) is 18.7 Å². The molecule has 23 heavy (non-hydrogen) atoms. The fourth-order valence-electron chi connectivity index (χ4n) is 2.67. The molecule has 0 saturated heterocycles. The van der Waals surface area contributed by atoms with Crippen LogP contribution in [0.5, 0.6) is 5.75 Å². The Morgan fingerprint density at radius 1 is 1.39 bits per heavy atom. The fraction of sp³-hybridized carbons (Fsp3) is 0.588. The number of anilines is 1. The maximum Gasteiger partial charge on any atom is 0.234 e. The number of benzene rings is 1. The second-order valence-corrected chi connectivity index (χ2v) is 6.54. The van der Waals surface area contributed by atoms with Gasteiger partial charge in [0.05, 0.1) is 5.41 Å². The Hall–Kier alpha value is -1.63. The Kier molecular flexibility index (Phi) is 5.62. The topological polar surface area (TPSA) is 90.8 Å². The van der Waals surface area contributed by atoms with Gasteiger partial charge in [-0.15, -0.1) is 0 Å². The van der Waals surface area contributed by atoms with Gasteiger partial charge in [0, 0.05) is 30.4 Å². The first-order valence-electron chi connectivity index (χ1n) is 7.96. The molecule has 0 saturated carbocycles. The molecule has 1 aliphatic rings. The summed E-state index contributed by atoms with van der Waals surface area (Å²) < 4.78 is 5.76. The normalized spacial score (nSPS) is 18.2. The minimum atomic E-state index is -0.667. The Morgan fingerprint density at radius 3 is 2.83 bits per heavy atom. The van der Waals surface area contributed by atoms with Gasteiger partial charge in [-0.2, -0.15) is 0 Å². The maximum atomic E-state index is 12.0. The summed E-state index contributed by atoms with van der Waals surface area (Å²) in [5.41, 5.74) is 0.950. The number of aliphatic hydroxyl groups is 2. The van der Waals surface area contributed by atoms with Gasteiger partial charge in [-0.05, 0) is 39.3 Å². The zero-order valence-electron chi connectivity index (χ0n) is 13.9. The highest BCUT2D eigenvalue weighted by atomic mass is 16.5. The number of fused-ring (bicyclic) bond motifs is 1. The number of carbonyl (C=O) groups excluding carboxylic acids is 1. The molecule has 2 unspecified atom stereocenters. The summed E-state index contributed by atoms with van der Waals surface area (Å²) in [7, 11) is 0. The average Bonchev–Trinajstić information content (AvgIpc) is 2.74. The quantitative estimate of drug-likeness (QED) is 0.574. The predicted octanol–water partition coefficient (Wildman–Crippen LogP) is 1.02. The molecule has 1 aromatic rings. The fourth-order valence-corrected chi connectivity index (χ4v) is 2.67. The standard InChI is InChI=1S/C17H26N2O4/c1-11(7-8-20)18-9-12(21)10-23-14-6-4-5-13-15(14)17(2,3)16(22)19-13/h4-6,11-12,18,20-21H,7-10H2,1-3H3,(H,19,22). The van der Waals surface area contributed by atoms with E-state index in [1.807, 2.05) is 39.0 Å². The molecule has 0 spiro atoms. The van der Waals surface area contributed by atoms with E-state index in [1.54, 1.807) is 0 Å². The number of rotatable bonds is 8. The van der Waals surface area contributed by atoms with Crippen molar-refractivity contribution in [3.05, 3.63) is 23.8 Å². The molecule has 0 bridgehead atoms. The molecule has 1 aromatic carbocycles. The Labute approximate surface area is 136 Å². The van der Waals surface area contributed by atoms with Crippen LogP contribution >= 0.6 is 0 Å². The second kappa shape index (κ2) is 7.29. The summed E-state index contributed by atoms with van der Waals surface area (Å²) in [4.78, 5) is 12.0. The lowest BCUT2D eigenvalue weighted by Crippen LogP contribution is -2.37. The highest BCUT2D eigenvalue weighted by Crippen LogP contribution is 2.43. The van der Waals surface area contributed by atoms with Crippen molar-refractivity contribution in [1.29, 1.82) is 0 Å². The highest BCUT2D eigenvalue weighted by molar-refractivity contribution is 6.06. The first kappa shape index (κ1) is 17.7. The summed E-state index contributed by atoms with van der Waals surface area (Å²) in [5, 5.41) is 24.9. The minimum absolute atomic E-state index is 0.0522. The summed E-state index contributed by atoms with van der Waals surface area (Å²) in [6, 6.07) is 5.62. The highest BCUT2D eigenvalue weighted by Gasteiger charge is 2.40. The third-order valence-corrected chi connectivity index (χ3v) is 4.16. The number of hydrogen-bond donors (Lipinski definition) is 4. The maximum absolute atomic E-state index is 12.0. The van der Waals surface area contributed by atoms with Crippen LogP contribution in [0.15, 0.2) is 18.2 Å². The molecule has 1 aliphatic heterocycles. The van der Waals surface area contributed by atoms with Crippen molar-refractivity contribution in [2.75, 3.05) is 25.1 Å². The summed E-state index contributed by atoms with van der Waals surface area (Å²) in [6.07, 6.45) is -0.0259. The molecule has 6 heteroatoms. The van der Waals surface area contributed by atoms with E-state index in [-0.39, 0.29) is 25.2 Å². The van der Waals surface area contributed by atoms with E-state index in [0.717, 1.165) is 11.3 Å². The van der Waals surface area contributed by atoms with E-state index in [2.05, 4.69) is 10.6 Å². The molecule has 2 rings (SSSR count). The smallest absolute Gasteiger partial charge is 0.234 e. The number of aliphatic hydroxyl groups excluding tert-OH is 2. The van der Waals surface area contributed by atoms with E-state index in [9.17, 15) is 9.90 Å². The Bertz CT molecular complexity index is 560. The first-order valence-corrected chi connectivity index (χ1v) is 7.96. The SMILES string of the molecule is CC(CCO)NCC(O)COc1cccc2c1C(C)(C)C(=O)N2. The van der Waals surface area contributed by atoms with Crippen molar-refractivity contribution in [1.82, 2.24) is 5.32 Å². The van der Waals surface area contributed by atoms with Gasteiger partial charge in [-0.3, -0.25) is 4.79 Å². The van der Waals surface area contributed by atoms with Crippen LogP contribution in [0.3, 0.4) is 0 Å². The van der Waals surface area contributed by atoms with Crippen LogP contribution in [-0.4, -0.2) is 48.0 Å². The summed E-state index contributed by atoms with van der Waals surface area (Å²) >= 11 is 0. The van der Waals surface area contributed by atoms with Gasteiger partial charge >= 0.3 is 0 Å². The number of ether oxygens (including phenoxy) is 1. The predicted molar refractivity (Wildman–Crippen MR) is 88.8 cm³/mol. The molecule has 0 fully saturated rings. The molecule has 2 atom stereocenters. The van der Waals surface area contributed by atoms with Crippen LogP contribution in [-0.2, 0) is 10.2 Å². The van der Waals surface area contributed by atoms with E-state index in [1.165, 1.54) is 0 Å². The Balaban J connectivity index is 1.95. The molecule has 0 aliphatic carbocycles. The van der Waals surface area contributed by atoms with E-state index >= 15 is 0 Å². The third-order valence-electron chi connectivity index (χ3n) is 4.16. The molecule has 128 valence electrons. The van der Waals surface area contributed by atoms with Crippen LogP contribution in [0.25, 0.3) is 0 Å². The number of carbonyl (C=O) groups is 1. The lowest BCUT2D eigenvalue weighted by Gasteiger charge is -2.21. The molecule has 6 nitrogen and oxygen atoms in total. The van der Waals surface area contributed by atoms with Gasteiger partial charge in [0.25, 0.3) is 0 Å². The Morgan fingerprint density at radius 2 is 2.13 bits per heavy atom. The van der Waals surface area contributed by atoms with Gasteiger partial charge in [0.15, 0.2) is 0 Å². The van der Waals surface area contributed by atoms with Gasteiger partial charge in [-0.25, -0.2) is 0 Å². The van der Waals surface area contributed by atoms with E-state index in [4.69, 9.17) is 9.84 Å². The zero-order chi connectivity index (χ0) is 17.0. The molecular weight excluding hydrogens is 296 g/mol. The van der Waals surface area contributed by atoms with Gasteiger partial charge in [0.2, 0.25) is 5.91 Å². The average molecular weight is 322 g/mol. The number of hydrogen-bond acceptors (Lipinski definition) is 5. The summed E-state index contributed by atoms with van der Waals surface area (Å²) in [5.74, 6) is 0.567. The van der Waals surface area contributed by atoms with Crippen LogP contribution in [0.4, 0.5) is 5.69 Å². The van der Waals surface area contributed by atoms with Crippen LogP contribution < -0.4 is 15.4 Å². The lowest BCUT2D eigenvalue weighted by atomic mass is 9.85. The van der Waals surface area contributed by atoms with Crippen molar-refractivity contribution >= 4 is 11.6 Å². The molecule has 0 aromatic heterocycles. The zero-order valence-corrected chi connectivity index (χ0v) is 13.9.